The van der Waals surface area contributed by atoms with Crippen molar-refractivity contribution in [1.29, 1.82) is 0 Å². The lowest BCUT2D eigenvalue weighted by Gasteiger charge is -2.24. The standard InChI is InChI=1S/C18H19N3O2/c1-4-5-6-14-12(3)13-9-11(2)10-19-17(13)21(14)15-7-8-16(22)20-18(15)23/h4-6,9-10,15H,1,7-8H2,2-3H3,(H,20,22,23)/b6-5-. The maximum absolute atomic E-state index is 12.3. The number of amides is 2. The third-order valence-electron chi connectivity index (χ3n) is 4.19. The van der Waals surface area contributed by atoms with E-state index in [1.54, 1.807) is 12.3 Å². The lowest BCUT2D eigenvalue weighted by Crippen LogP contribution is -2.42. The van der Waals surface area contributed by atoms with E-state index in [-0.39, 0.29) is 11.8 Å². The van der Waals surface area contributed by atoms with Crippen LogP contribution in [0.5, 0.6) is 0 Å². The van der Waals surface area contributed by atoms with Crippen LogP contribution < -0.4 is 5.32 Å². The van der Waals surface area contributed by atoms with Crippen LogP contribution in [-0.4, -0.2) is 21.4 Å². The number of rotatable bonds is 3. The molecule has 118 valence electrons. The molecule has 2 aromatic heterocycles. The van der Waals surface area contributed by atoms with Crippen LogP contribution in [0.2, 0.25) is 0 Å². The van der Waals surface area contributed by atoms with Crippen molar-refractivity contribution in [2.45, 2.75) is 32.7 Å². The Kier molecular flexibility index (Phi) is 3.86. The molecule has 5 nitrogen and oxygen atoms in total. The zero-order valence-corrected chi connectivity index (χ0v) is 13.3. The monoisotopic (exact) mass is 309 g/mol. The Hall–Kier alpha value is -2.69. The molecular weight excluding hydrogens is 290 g/mol. The molecule has 1 saturated heterocycles. The maximum Gasteiger partial charge on any atom is 0.249 e. The smallest absolute Gasteiger partial charge is 0.249 e. The van der Waals surface area contributed by atoms with E-state index < -0.39 is 6.04 Å². The zero-order valence-electron chi connectivity index (χ0n) is 13.3. The van der Waals surface area contributed by atoms with Crippen molar-refractivity contribution in [3.05, 3.63) is 47.8 Å². The molecule has 2 amide bonds. The van der Waals surface area contributed by atoms with Gasteiger partial charge in [-0.3, -0.25) is 14.9 Å². The van der Waals surface area contributed by atoms with Crippen LogP contribution in [0.25, 0.3) is 17.1 Å². The van der Waals surface area contributed by atoms with E-state index in [4.69, 9.17) is 0 Å². The van der Waals surface area contributed by atoms with Crippen LogP contribution in [-0.2, 0) is 9.59 Å². The first kappa shape index (κ1) is 15.2. The number of fused-ring (bicyclic) bond motifs is 1. The highest BCUT2D eigenvalue weighted by atomic mass is 16.2. The molecule has 3 rings (SSSR count). The number of hydrogen-bond donors (Lipinski definition) is 1. The Morgan fingerprint density at radius 3 is 2.87 bits per heavy atom. The van der Waals surface area contributed by atoms with Gasteiger partial charge in [-0.05, 0) is 43.5 Å². The van der Waals surface area contributed by atoms with Gasteiger partial charge in [0.05, 0.1) is 0 Å². The summed E-state index contributed by atoms with van der Waals surface area (Å²) in [5.74, 6) is -0.486. The van der Waals surface area contributed by atoms with Crippen LogP contribution in [0.1, 0.15) is 35.7 Å². The number of aryl methyl sites for hydroxylation is 2. The average Bonchev–Trinajstić information content (AvgIpc) is 2.78. The molecule has 0 bridgehead atoms. The number of nitrogens with one attached hydrogen (secondary N) is 1. The van der Waals surface area contributed by atoms with Crippen LogP contribution in [0.3, 0.4) is 0 Å². The summed E-state index contributed by atoms with van der Waals surface area (Å²) in [5, 5.41) is 3.45. The molecule has 1 fully saturated rings. The van der Waals surface area contributed by atoms with Gasteiger partial charge in [-0.1, -0.05) is 18.7 Å². The predicted octanol–water partition coefficient (Wildman–Crippen LogP) is 2.83. The quantitative estimate of drug-likeness (QED) is 0.700. The fourth-order valence-corrected chi connectivity index (χ4v) is 3.07. The molecule has 1 unspecified atom stereocenters. The van der Waals surface area contributed by atoms with Crippen LogP contribution >= 0.6 is 0 Å². The van der Waals surface area contributed by atoms with E-state index in [1.165, 1.54) is 0 Å². The molecule has 3 heterocycles. The Morgan fingerprint density at radius 1 is 1.39 bits per heavy atom. The Labute approximate surface area is 134 Å². The molecule has 2 aromatic rings. The van der Waals surface area contributed by atoms with E-state index in [2.05, 4.69) is 22.9 Å². The van der Waals surface area contributed by atoms with E-state index in [9.17, 15) is 9.59 Å². The SMILES string of the molecule is C=C/C=C\c1c(C)c2cc(C)cnc2n1C1CCC(=O)NC1=O. The number of pyridine rings is 1. The molecule has 5 heteroatoms. The minimum absolute atomic E-state index is 0.216. The zero-order chi connectivity index (χ0) is 16.6. The number of piperidine rings is 1. The fraction of sp³-hybridized carbons (Fsp3) is 0.278. The topological polar surface area (TPSA) is 64.0 Å². The first-order valence-electron chi connectivity index (χ1n) is 7.63. The van der Waals surface area contributed by atoms with E-state index in [1.807, 2.05) is 30.6 Å². The lowest BCUT2D eigenvalue weighted by molar-refractivity contribution is -0.135. The first-order valence-corrected chi connectivity index (χ1v) is 7.63. The summed E-state index contributed by atoms with van der Waals surface area (Å²) in [6.07, 6.45) is 8.10. The third kappa shape index (κ3) is 2.59. The molecule has 23 heavy (non-hydrogen) atoms. The normalized spacial score (nSPS) is 18.6. The van der Waals surface area contributed by atoms with Crippen molar-refractivity contribution in [1.82, 2.24) is 14.9 Å². The molecule has 1 aliphatic heterocycles. The lowest BCUT2D eigenvalue weighted by atomic mass is 10.1. The van der Waals surface area contributed by atoms with Gasteiger partial charge in [-0.15, -0.1) is 0 Å². The number of imide groups is 1. The Bertz CT molecular complexity index is 846. The number of nitrogens with zero attached hydrogens (tertiary/aromatic N) is 2. The van der Waals surface area contributed by atoms with Gasteiger partial charge in [-0.25, -0.2) is 4.98 Å². The van der Waals surface area contributed by atoms with Gasteiger partial charge in [-0.2, -0.15) is 0 Å². The highest BCUT2D eigenvalue weighted by Crippen LogP contribution is 2.32. The summed E-state index contributed by atoms with van der Waals surface area (Å²) in [6.45, 7) is 7.72. The fourth-order valence-electron chi connectivity index (χ4n) is 3.07. The van der Waals surface area contributed by atoms with Crippen LogP contribution in [0.15, 0.2) is 31.0 Å². The van der Waals surface area contributed by atoms with Crippen molar-refractivity contribution in [3.63, 3.8) is 0 Å². The molecule has 0 aliphatic carbocycles. The molecule has 0 radical (unpaired) electrons. The number of carbonyl (C=O) groups is 2. The van der Waals surface area contributed by atoms with Gasteiger partial charge < -0.3 is 4.57 Å². The Morgan fingerprint density at radius 2 is 2.17 bits per heavy atom. The molecule has 0 saturated carbocycles. The van der Waals surface area contributed by atoms with Crippen molar-refractivity contribution in [3.8, 4) is 0 Å². The summed E-state index contributed by atoms with van der Waals surface area (Å²) in [5.41, 5.74) is 3.83. The second kappa shape index (κ2) is 5.83. The highest BCUT2D eigenvalue weighted by Gasteiger charge is 2.31. The van der Waals surface area contributed by atoms with Crippen molar-refractivity contribution >= 4 is 28.9 Å². The number of aromatic nitrogens is 2. The van der Waals surface area contributed by atoms with Gasteiger partial charge in [0, 0.05) is 23.7 Å². The minimum Gasteiger partial charge on any atom is -0.313 e. The number of allylic oxidation sites excluding steroid dienone is 2. The maximum atomic E-state index is 12.3. The summed E-state index contributed by atoms with van der Waals surface area (Å²) in [6, 6.07) is 1.65. The summed E-state index contributed by atoms with van der Waals surface area (Å²) >= 11 is 0. The number of carbonyl (C=O) groups excluding carboxylic acids is 2. The summed E-state index contributed by atoms with van der Waals surface area (Å²) in [4.78, 5) is 28.3. The summed E-state index contributed by atoms with van der Waals surface area (Å²) < 4.78 is 1.94. The molecule has 0 aromatic carbocycles. The molecule has 0 spiro atoms. The second-order valence-electron chi connectivity index (χ2n) is 5.83. The molecule has 1 atom stereocenters. The van der Waals surface area contributed by atoms with E-state index >= 15 is 0 Å². The van der Waals surface area contributed by atoms with Crippen LogP contribution in [0.4, 0.5) is 0 Å². The average molecular weight is 309 g/mol. The molecular formula is C18H19N3O2. The molecule has 1 aliphatic rings. The van der Waals surface area contributed by atoms with Gasteiger partial charge >= 0.3 is 0 Å². The van der Waals surface area contributed by atoms with Gasteiger partial charge in [0.15, 0.2) is 0 Å². The van der Waals surface area contributed by atoms with Crippen molar-refractivity contribution in [2.24, 2.45) is 0 Å². The predicted molar refractivity (Wildman–Crippen MR) is 89.9 cm³/mol. The van der Waals surface area contributed by atoms with E-state index in [0.717, 1.165) is 27.9 Å². The first-order chi connectivity index (χ1) is 11.0. The third-order valence-corrected chi connectivity index (χ3v) is 4.19. The highest BCUT2D eigenvalue weighted by molar-refractivity contribution is 6.00. The minimum atomic E-state index is -0.427. The second-order valence-corrected chi connectivity index (χ2v) is 5.83. The van der Waals surface area contributed by atoms with Crippen LogP contribution in [0, 0.1) is 13.8 Å². The van der Waals surface area contributed by atoms with Crippen molar-refractivity contribution < 1.29 is 9.59 Å². The van der Waals surface area contributed by atoms with Gasteiger partial charge in [0.2, 0.25) is 11.8 Å². The van der Waals surface area contributed by atoms with Gasteiger partial charge in [0.25, 0.3) is 0 Å². The largest absolute Gasteiger partial charge is 0.313 e. The number of hydrogen-bond acceptors (Lipinski definition) is 3. The molecule has 1 N–H and O–H groups in total. The van der Waals surface area contributed by atoms with Crippen molar-refractivity contribution in [2.75, 3.05) is 0 Å². The Balaban J connectivity index is 2.24. The summed E-state index contributed by atoms with van der Waals surface area (Å²) in [7, 11) is 0. The van der Waals surface area contributed by atoms with E-state index in [0.29, 0.717) is 12.8 Å². The van der Waals surface area contributed by atoms with Gasteiger partial charge in [0.1, 0.15) is 11.7 Å².